The van der Waals surface area contributed by atoms with E-state index in [0.29, 0.717) is 40.8 Å². The van der Waals surface area contributed by atoms with Gasteiger partial charge in [-0.25, -0.2) is 0 Å². The lowest BCUT2D eigenvalue weighted by Crippen LogP contribution is -2.13. The molecule has 1 aromatic heterocycles. The fourth-order valence-electron chi connectivity index (χ4n) is 8.28. The minimum atomic E-state index is -4.48. The molecule has 0 bridgehead atoms. The van der Waals surface area contributed by atoms with Crippen molar-refractivity contribution < 1.29 is 40.6 Å². The van der Waals surface area contributed by atoms with Gasteiger partial charge in [-0.2, -0.15) is 26.3 Å². The van der Waals surface area contributed by atoms with Crippen molar-refractivity contribution >= 4 is 16.9 Å². The van der Waals surface area contributed by atoms with Crippen molar-refractivity contribution in [3.63, 3.8) is 0 Å². The van der Waals surface area contributed by atoms with E-state index in [4.69, 9.17) is 9.47 Å². The van der Waals surface area contributed by atoms with Crippen molar-refractivity contribution in [2.75, 3.05) is 0 Å². The predicted octanol–water partition coefficient (Wildman–Crippen LogP) is 11.3. The Bertz CT molecular complexity index is 1830. The van der Waals surface area contributed by atoms with Gasteiger partial charge in [0.15, 0.2) is 0 Å². The Kier molecular flexibility index (Phi) is 9.17. The number of benzene rings is 3. The number of fused-ring (bicyclic) bond motifs is 3. The number of halogens is 6. The maximum absolute atomic E-state index is 13.9. The van der Waals surface area contributed by atoms with Crippen LogP contribution in [-0.2, 0) is 41.5 Å². The van der Waals surface area contributed by atoms with Crippen LogP contribution in [0.5, 0.6) is 5.75 Å². The molecule has 2 fully saturated rings. The number of hydrogen-bond donors (Lipinski definition) is 1. The Balaban J connectivity index is 0.992. The third-order valence-corrected chi connectivity index (χ3v) is 10.7. The number of aromatic amines is 1. The number of carbonyl (C=O) groups is 1. The molecule has 3 aromatic carbocycles. The number of aromatic nitrogens is 1. The van der Waals surface area contributed by atoms with E-state index in [1.165, 1.54) is 6.07 Å². The van der Waals surface area contributed by atoms with Gasteiger partial charge in [0, 0.05) is 22.5 Å². The molecule has 0 spiro atoms. The number of ether oxygens (including phenoxy) is 2. The van der Waals surface area contributed by atoms with Crippen LogP contribution in [0.4, 0.5) is 26.3 Å². The van der Waals surface area contributed by atoms with Crippen LogP contribution in [0.2, 0.25) is 0 Å². The summed E-state index contributed by atoms with van der Waals surface area (Å²) in [5.41, 5.74) is 3.08. The van der Waals surface area contributed by atoms with Crippen LogP contribution in [-0.4, -0.2) is 11.0 Å². The maximum atomic E-state index is 13.9. The quantitative estimate of drug-likeness (QED) is 0.141. The lowest BCUT2D eigenvalue weighted by Gasteiger charge is -2.19. The summed E-state index contributed by atoms with van der Waals surface area (Å²) in [6.07, 6.45) is -0.564. The van der Waals surface area contributed by atoms with Crippen molar-refractivity contribution in [3.8, 4) is 5.75 Å². The van der Waals surface area contributed by atoms with Crippen molar-refractivity contribution in [1.29, 1.82) is 0 Å². The Labute approximate surface area is 281 Å². The SMILES string of the molecule is O=C(C[C@H]1CCc2c1[nH]c1ccc(OCc3ccc(C4CCCC4)c(C(F)(F)F)c3)cc21)OCc1ccc(C2CCCC2)c(C(F)(F)F)c1. The van der Waals surface area contributed by atoms with Gasteiger partial charge in [0.25, 0.3) is 0 Å². The lowest BCUT2D eigenvalue weighted by atomic mass is 9.91. The van der Waals surface area contributed by atoms with Crippen LogP contribution in [0.15, 0.2) is 54.6 Å². The van der Waals surface area contributed by atoms with Gasteiger partial charge in [-0.1, -0.05) is 49.9 Å². The Morgan fingerprint density at radius 2 is 1.29 bits per heavy atom. The zero-order valence-corrected chi connectivity index (χ0v) is 27.1. The summed E-state index contributed by atoms with van der Waals surface area (Å²) in [7, 11) is 0. The smallest absolute Gasteiger partial charge is 0.416 e. The molecule has 1 atom stereocenters. The molecule has 49 heavy (non-hydrogen) atoms. The molecule has 4 nitrogen and oxygen atoms in total. The summed E-state index contributed by atoms with van der Waals surface area (Å²) >= 11 is 0. The van der Waals surface area contributed by atoms with Crippen LogP contribution < -0.4 is 4.74 Å². The zero-order chi connectivity index (χ0) is 34.3. The molecule has 0 unspecified atom stereocenters. The number of rotatable bonds is 9. The molecule has 2 saturated carbocycles. The van der Waals surface area contributed by atoms with E-state index in [1.54, 1.807) is 30.3 Å². The van der Waals surface area contributed by atoms with Crippen LogP contribution in [0.3, 0.4) is 0 Å². The van der Waals surface area contributed by atoms with E-state index >= 15 is 0 Å². The minimum Gasteiger partial charge on any atom is -0.489 e. The molecule has 260 valence electrons. The van der Waals surface area contributed by atoms with Crippen molar-refractivity contribution in [2.45, 2.75) is 114 Å². The van der Waals surface area contributed by atoms with Crippen molar-refractivity contribution in [1.82, 2.24) is 4.98 Å². The zero-order valence-electron chi connectivity index (χ0n) is 27.1. The second kappa shape index (κ2) is 13.4. The highest BCUT2D eigenvalue weighted by atomic mass is 19.4. The van der Waals surface area contributed by atoms with E-state index in [1.807, 2.05) is 12.1 Å². The Hall–Kier alpha value is -3.95. The number of aryl methyl sites for hydroxylation is 1. The summed E-state index contributed by atoms with van der Waals surface area (Å²) in [5, 5.41) is 0.929. The fraction of sp³-hybridized carbons (Fsp3) is 0.462. The molecule has 1 heterocycles. The maximum Gasteiger partial charge on any atom is 0.416 e. The van der Waals surface area contributed by atoms with Crippen LogP contribution in [0.25, 0.3) is 10.9 Å². The van der Waals surface area contributed by atoms with Gasteiger partial charge in [0.1, 0.15) is 19.0 Å². The molecular weight excluding hydrogens is 644 g/mol. The first kappa shape index (κ1) is 33.5. The van der Waals surface area contributed by atoms with Gasteiger partial charge in [-0.05, 0) is 109 Å². The second-order valence-corrected chi connectivity index (χ2v) is 13.9. The number of hydrogen-bond acceptors (Lipinski definition) is 3. The van der Waals surface area contributed by atoms with Gasteiger partial charge in [0.05, 0.1) is 17.5 Å². The number of H-pyrrole nitrogens is 1. The number of nitrogens with one attached hydrogen (secondary N) is 1. The topological polar surface area (TPSA) is 51.3 Å². The van der Waals surface area contributed by atoms with E-state index in [9.17, 15) is 31.1 Å². The van der Waals surface area contributed by atoms with Crippen LogP contribution in [0, 0.1) is 0 Å². The molecule has 7 rings (SSSR count). The fourth-order valence-corrected chi connectivity index (χ4v) is 8.28. The van der Waals surface area contributed by atoms with Gasteiger partial charge in [-0.15, -0.1) is 0 Å². The first-order valence-corrected chi connectivity index (χ1v) is 17.3. The average molecular weight is 684 g/mol. The van der Waals surface area contributed by atoms with E-state index in [-0.39, 0.29) is 37.4 Å². The molecular formula is C39H39F6NO3. The molecule has 0 radical (unpaired) electrons. The predicted molar refractivity (Wildman–Crippen MR) is 173 cm³/mol. The molecule has 0 aliphatic heterocycles. The summed E-state index contributed by atoms with van der Waals surface area (Å²) in [6, 6.07) is 14.3. The molecule has 0 saturated heterocycles. The third kappa shape index (κ3) is 7.19. The van der Waals surface area contributed by atoms with E-state index < -0.39 is 29.4 Å². The highest BCUT2D eigenvalue weighted by molar-refractivity contribution is 5.87. The van der Waals surface area contributed by atoms with Crippen LogP contribution in [0.1, 0.15) is 127 Å². The summed E-state index contributed by atoms with van der Waals surface area (Å²) in [4.78, 5) is 16.3. The molecule has 0 amide bonds. The van der Waals surface area contributed by atoms with Crippen molar-refractivity contribution in [2.24, 2.45) is 0 Å². The van der Waals surface area contributed by atoms with E-state index in [2.05, 4.69) is 4.98 Å². The van der Waals surface area contributed by atoms with E-state index in [0.717, 1.165) is 79.6 Å². The van der Waals surface area contributed by atoms with Gasteiger partial charge in [0.2, 0.25) is 0 Å². The largest absolute Gasteiger partial charge is 0.489 e. The van der Waals surface area contributed by atoms with Gasteiger partial charge < -0.3 is 14.5 Å². The standard InChI is InChI=1S/C39H39F6NO3/c40-38(41,42)33-17-23(9-13-29(33)25-5-1-2-6-25)21-48-28-12-16-35-32(20-28)31-15-11-27(37(31)46-35)19-36(47)49-22-24-10-14-30(26-7-3-4-8-26)34(18-24)39(43,44)45/h9-10,12-14,16-18,20,25-27,46H,1-8,11,15,19,21-22H2/t27-/m1/s1. The monoisotopic (exact) mass is 683 g/mol. The molecule has 3 aliphatic carbocycles. The number of esters is 1. The lowest BCUT2D eigenvalue weighted by molar-refractivity contribution is -0.145. The van der Waals surface area contributed by atoms with Crippen LogP contribution >= 0.6 is 0 Å². The Morgan fingerprint density at radius 1 is 0.714 bits per heavy atom. The Morgan fingerprint density at radius 3 is 1.86 bits per heavy atom. The first-order chi connectivity index (χ1) is 23.4. The summed E-state index contributed by atoms with van der Waals surface area (Å²) in [6.45, 7) is -0.234. The molecule has 4 aromatic rings. The highest BCUT2D eigenvalue weighted by Crippen LogP contribution is 2.44. The third-order valence-electron chi connectivity index (χ3n) is 10.7. The van der Waals surface area contributed by atoms with Gasteiger partial charge >= 0.3 is 18.3 Å². The molecule has 10 heteroatoms. The minimum absolute atomic E-state index is 0.00557. The number of carbonyl (C=O) groups excluding carboxylic acids is 1. The average Bonchev–Trinajstić information content (AvgIpc) is 3.89. The first-order valence-electron chi connectivity index (χ1n) is 17.3. The second-order valence-electron chi connectivity index (χ2n) is 13.9. The number of alkyl halides is 6. The van der Waals surface area contributed by atoms with Crippen molar-refractivity contribution in [3.05, 3.63) is 99.2 Å². The summed E-state index contributed by atoms with van der Waals surface area (Å²) in [5.74, 6) is -0.225. The molecule has 1 N–H and O–H groups in total. The normalized spacial score (nSPS) is 18.8. The highest BCUT2D eigenvalue weighted by Gasteiger charge is 2.37. The molecule has 3 aliphatic rings. The van der Waals surface area contributed by atoms with Gasteiger partial charge in [-0.3, -0.25) is 4.79 Å². The summed E-state index contributed by atoms with van der Waals surface area (Å²) < 4.78 is 94.9.